The minimum absolute atomic E-state index is 0.00749. The lowest BCUT2D eigenvalue weighted by molar-refractivity contribution is -0.117. The monoisotopic (exact) mass is 331 g/mol. The Morgan fingerprint density at radius 3 is 2.33 bits per heavy atom. The van der Waals surface area contributed by atoms with Crippen LogP contribution in [0.4, 0.5) is 11.4 Å². The van der Waals surface area contributed by atoms with Crippen LogP contribution in [0, 0.1) is 5.92 Å². The van der Waals surface area contributed by atoms with Gasteiger partial charge in [0.2, 0.25) is 11.8 Å². The molecule has 6 nitrogen and oxygen atoms in total. The second-order valence-corrected chi connectivity index (χ2v) is 6.70. The third kappa shape index (κ3) is 5.04. The van der Waals surface area contributed by atoms with Gasteiger partial charge >= 0.3 is 0 Å². The predicted octanol–water partition coefficient (Wildman–Crippen LogP) is 2.08. The van der Waals surface area contributed by atoms with Crippen molar-refractivity contribution in [2.45, 2.75) is 32.2 Å². The molecule has 3 rings (SSSR count). The third-order valence-electron chi connectivity index (χ3n) is 4.42. The first-order valence-corrected chi connectivity index (χ1v) is 8.59. The highest BCUT2D eigenvalue weighted by molar-refractivity contribution is 5.93. The van der Waals surface area contributed by atoms with E-state index in [1.165, 1.54) is 19.8 Å². The number of hydrogen-bond acceptors (Lipinski definition) is 4. The van der Waals surface area contributed by atoms with E-state index < -0.39 is 0 Å². The molecule has 130 valence electrons. The van der Waals surface area contributed by atoms with Gasteiger partial charge in [-0.05, 0) is 49.4 Å². The zero-order valence-corrected chi connectivity index (χ0v) is 14.1. The van der Waals surface area contributed by atoms with Gasteiger partial charge in [0.1, 0.15) is 0 Å². The lowest BCUT2D eigenvalue weighted by atomic mass is 10.1. The molecule has 0 radical (unpaired) electrons. The van der Waals surface area contributed by atoms with Crippen molar-refractivity contribution in [3.63, 3.8) is 0 Å². The molecule has 24 heavy (non-hydrogen) atoms. The first kappa shape index (κ1) is 16.9. The highest BCUT2D eigenvalue weighted by Crippen LogP contribution is 2.28. The molecule has 1 atom stereocenters. The van der Waals surface area contributed by atoms with Crippen LogP contribution in [0.3, 0.4) is 0 Å². The summed E-state index contributed by atoms with van der Waals surface area (Å²) in [6.45, 7) is 4.50. The van der Waals surface area contributed by atoms with Crippen molar-refractivity contribution in [2.75, 3.05) is 36.9 Å². The Morgan fingerprint density at radius 2 is 1.79 bits per heavy atom. The van der Waals surface area contributed by atoms with E-state index in [1.54, 1.807) is 24.3 Å². The number of nitrogens with one attached hydrogen (secondary N) is 2. The van der Waals surface area contributed by atoms with Gasteiger partial charge in [-0.3, -0.25) is 14.5 Å². The van der Waals surface area contributed by atoms with Crippen LogP contribution in [0.1, 0.15) is 26.2 Å². The molecule has 0 bridgehead atoms. The molecular weight excluding hydrogens is 306 g/mol. The van der Waals surface area contributed by atoms with E-state index in [0.717, 1.165) is 37.6 Å². The number of amides is 2. The van der Waals surface area contributed by atoms with Gasteiger partial charge in [-0.1, -0.05) is 0 Å². The Labute approximate surface area is 142 Å². The van der Waals surface area contributed by atoms with Crippen LogP contribution in [-0.4, -0.2) is 49.1 Å². The molecule has 1 aliphatic carbocycles. The van der Waals surface area contributed by atoms with Crippen LogP contribution >= 0.6 is 0 Å². The summed E-state index contributed by atoms with van der Waals surface area (Å²) in [5.74, 6) is 0.450. The Bertz CT molecular complexity index is 578. The molecule has 1 saturated heterocycles. The van der Waals surface area contributed by atoms with Crippen LogP contribution in [0.2, 0.25) is 0 Å². The fourth-order valence-electron chi connectivity index (χ4n) is 3.07. The SMILES string of the molecule is CC(=O)Nc1ccc(NC(=O)CN(CC2CCOC2)C2CC2)cc1. The third-order valence-corrected chi connectivity index (χ3v) is 4.42. The van der Waals surface area contributed by atoms with Gasteiger partial charge in [0, 0.05) is 37.5 Å². The zero-order valence-electron chi connectivity index (χ0n) is 14.1. The van der Waals surface area contributed by atoms with Crippen molar-refractivity contribution in [2.24, 2.45) is 5.92 Å². The molecule has 1 saturated carbocycles. The van der Waals surface area contributed by atoms with Crippen molar-refractivity contribution in [1.82, 2.24) is 4.90 Å². The van der Waals surface area contributed by atoms with Gasteiger partial charge in [0.05, 0.1) is 13.2 Å². The van der Waals surface area contributed by atoms with E-state index in [9.17, 15) is 9.59 Å². The van der Waals surface area contributed by atoms with E-state index in [0.29, 0.717) is 18.5 Å². The summed E-state index contributed by atoms with van der Waals surface area (Å²) in [6.07, 6.45) is 3.47. The average molecular weight is 331 g/mol. The molecule has 2 fully saturated rings. The quantitative estimate of drug-likeness (QED) is 0.802. The Kier molecular flexibility index (Phi) is 5.48. The van der Waals surface area contributed by atoms with E-state index in [2.05, 4.69) is 15.5 Å². The van der Waals surface area contributed by atoms with Gasteiger partial charge in [-0.25, -0.2) is 0 Å². The largest absolute Gasteiger partial charge is 0.381 e. The standard InChI is InChI=1S/C18H25N3O3/c1-13(22)19-15-2-4-16(5-3-15)20-18(23)11-21(17-6-7-17)10-14-8-9-24-12-14/h2-5,14,17H,6-12H2,1H3,(H,19,22)(H,20,23). The topological polar surface area (TPSA) is 70.7 Å². The van der Waals surface area contributed by atoms with Crippen molar-refractivity contribution < 1.29 is 14.3 Å². The molecule has 0 aromatic heterocycles. The molecule has 2 aliphatic rings. The summed E-state index contributed by atoms with van der Waals surface area (Å²) < 4.78 is 5.44. The summed E-state index contributed by atoms with van der Waals surface area (Å²) in [6, 6.07) is 7.72. The predicted molar refractivity (Wildman–Crippen MR) is 92.9 cm³/mol. The van der Waals surface area contributed by atoms with Crippen LogP contribution in [0.15, 0.2) is 24.3 Å². The summed E-state index contributed by atoms with van der Waals surface area (Å²) in [5.41, 5.74) is 1.47. The second kappa shape index (κ2) is 7.77. The number of hydrogen-bond donors (Lipinski definition) is 2. The molecule has 2 amide bonds. The average Bonchev–Trinajstić information content (AvgIpc) is 3.26. The Balaban J connectivity index is 1.50. The maximum atomic E-state index is 12.3. The number of nitrogens with zero attached hydrogens (tertiary/aromatic N) is 1. The molecule has 0 spiro atoms. The van der Waals surface area contributed by atoms with Crippen molar-refractivity contribution in [3.05, 3.63) is 24.3 Å². The lowest BCUT2D eigenvalue weighted by Crippen LogP contribution is -2.38. The highest BCUT2D eigenvalue weighted by Gasteiger charge is 2.32. The molecular formula is C18H25N3O3. The van der Waals surface area contributed by atoms with Gasteiger partial charge < -0.3 is 15.4 Å². The fraction of sp³-hybridized carbons (Fsp3) is 0.556. The van der Waals surface area contributed by atoms with E-state index >= 15 is 0 Å². The lowest BCUT2D eigenvalue weighted by Gasteiger charge is -2.24. The van der Waals surface area contributed by atoms with E-state index in [-0.39, 0.29) is 11.8 Å². The molecule has 1 aromatic rings. The fourth-order valence-corrected chi connectivity index (χ4v) is 3.07. The molecule has 2 N–H and O–H groups in total. The van der Waals surface area contributed by atoms with Crippen LogP contribution in [-0.2, 0) is 14.3 Å². The minimum atomic E-state index is -0.109. The van der Waals surface area contributed by atoms with E-state index in [4.69, 9.17) is 4.74 Å². The van der Waals surface area contributed by atoms with Gasteiger partial charge in [0.15, 0.2) is 0 Å². The molecule has 1 unspecified atom stereocenters. The maximum Gasteiger partial charge on any atom is 0.238 e. The molecule has 6 heteroatoms. The van der Waals surface area contributed by atoms with Crippen LogP contribution < -0.4 is 10.6 Å². The minimum Gasteiger partial charge on any atom is -0.381 e. The number of ether oxygens (including phenoxy) is 1. The number of carbonyl (C=O) groups excluding carboxylic acids is 2. The molecule has 1 aromatic carbocycles. The molecule has 1 aliphatic heterocycles. The zero-order chi connectivity index (χ0) is 16.9. The van der Waals surface area contributed by atoms with Gasteiger partial charge in [-0.2, -0.15) is 0 Å². The summed E-state index contributed by atoms with van der Waals surface area (Å²) in [7, 11) is 0. The smallest absolute Gasteiger partial charge is 0.238 e. The van der Waals surface area contributed by atoms with E-state index in [1.807, 2.05) is 0 Å². The summed E-state index contributed by atoms with van der Waals surface area (Å²) in [5, 5.41) is 5.65. The van der Waals surface area contributed by atoms with Gasteiger partial charge in [-0.15, -0.1) is 0 Å². The number of benzene rings is 1. The first-order chi connectivity index (χ1) is 11.6. The highest BCUT2D eigenvalue weighted by atomic mass is 16.5. The molecule has 1 heterocycles. The summed E-state index contributed by atoms with van der Waals surface area (Å²) >= 11 is 0. The summed E-state index contributed by atoms with van der Waals surface area (Å²) in [4.78, 5) is 25.6. The number of rotatable bonds is 7. The Morgan fingerprint density at radius 1 is 1.12 bits per heavy atom. The van der Waals surface area contributed by atoms with Crippen LogP contribution in [0.25, 0.3) is 0 Å². The second-order valence-electron chi connectivity index (χ2n) is 6.70. The normalized spacial score (nSPS) is 20.2. The van der Waals surface area contributed by atoms with Gasteiger partial charge in [0.25, 0.3) is 0 Å². The van der Waals surface area contributed by atoms with Crippen LogP contribution in [0.5, 0.6) is 0 Å². The van der Waals surface area contributed by atoms with Crippen molar-refractivity contribution in [1.29, 1.82) is 0 Å². The van der Waals surface area contributed by atoms with Crippen molar-refractivity contribution >= 4 is 23.2 Å². The number of carbonyl (C=O) groups is 2. The maximum absolute atomic E-state index is 12.3. The Hall–Kier alpha value is -1.92. The first-order valence-electron chi connectivity index (χ1n) is 8.59. The van der Waals surface area contributed by atoms with Crippen molar-refractivity contribution in [3.8, 4) is 0 Å². The number of anilines is 2.